The smallest absolute Gasteiger partial charge is 0.387 e. The van der Waals surface area contributed by atoms with Crippen LogP contribution in [0.5, 0.6) is 5.75 Å². The maximum absolute atomic E-state index is 13.4. The standard InChI is InChI=1S/C30H34ClF2N9O3/c1-38-11-13-39(14-12-38)17-20-5-9-40(10-6-20)26(43)19-41-18-24(36-29(44)23-16-35-42-8-2-7-34-28(23)42)27(37-41)22-15-21(31)3-4-25(22)45-30(32)33/h2-4,7-8,15-16,18,20,30H,5-6,9-14,17,19H2,1H3,(H,36,44). The lowest BCUT2D eigenvalue weighted by atomic mass is 9.96. The summed E-state index contributed by atoms with van der Waals surface area (Å²) in [5.41, 5.74) is 0.951. The van der Waals surface area contributed by atoms with E-state index < -0.39 is 12.5 Å². The van der Waals surface area contributed by atoms with Crippen LogP contribution in [0.1, 0.15) is 23.2 Å². The van der Waals surface area contributed by atoms with Gasteiger partial charge < -0.3 is 24.8 Å². The molecule has 0 saturated carbocycles. The molecule has 0 unspecified atom stereocenters. The van der Waals surface area contributed by atoms with Crippen molar-refractivity contribution in [2.45, 2.75) is 26.0 Å². The first kappa shape index (κ1) is 30.9. The lowest BCUT2D eigenvalue weighted by Crippen LogP contribution is -2.48. The van der Waals surface area contributed by atoms with Crippen LogP contribution < -0.4 is 10.1 Å². The number of carbonyl (C=O) groups is 2. The van der Waals surface area contributed by atoms with Crippen molar-refractivity contribution >= 4 is 34.7 Å². The number of hydrogen-bond acceptors (Lipinski definition) is 8. The largest absolute Gasteiger partial charge is 0.434 e. The third kappa shape index (κ3) is 7.24. The molecule has 2 aliphatic heterocycles. The molecular formula is C30H34ClF2N9O3. The van der Waals surface area contributed by atoms with Gasteiger partial charge in [-0.25, -0.2) is 9.50 Å². The Labute approximate surface area is 263 Å². The average Bonchev–Trinajstić information content (AvgIpc) is 3.63. The van der Waals surface area contributed by atoms with E-state index in [1.54, 1.807) is 12.3 Å². The van der Waals surface area contributed by atoms with Crippen molar-refractivity contribution in [2.75, 3.05) is 58.2 Å². The number of piperazine rings is 1. The Bertz CT molecular complexity index is 1660. The van der Waals surface area contributed by atoms with E-state index in [-0.39, 0.29) is 45.7 Å². The number of likely N-dealkylation sites (N-methyl/N-ethyl adjacent to an activating group) is 1. The number of ether oxygens (including phenoxy) is 1. The molecule has 0 bridgehead atoms. The second kappa shape index (κ2) is 13.5. The Morgan fingerprint density at radius 2 is 1.91 bits per heavy atom. The number of aromatic nitrogens is 5. The van der Waals surface area contributed by atoms with E-state index in [0.29, 0.717) is 24.7 Å². The number of benzene rings is 1. The molecule has 238 valence electrons. The van der Waals surface area contributed by atoms with Gasteiger partial charge in [-0.05, 0) is 50.1 Å². The van der Waals surface area contributed by atoms with Gasteiger partial charge in [-0.15, -0.1) is 0 Å². The quantitative estimate of drug-likeness (QED) is 0.295. The Balaban J connectivity index is 1.20. The minimum absolute atomic E-state index is 0.101. The van der Waals surface area contributed by atoms with Crippen molar-refractivity contribution in [1.29, 1.82) is 0 Å². The molecule has 2 saturated heterocycles. The van der Waals surface area contributed by atoms with E-state index in [9.17, 15) is 18.4 Å². The summed E-state index contributed by atoms with van der Waals surface area (Å²) in [5.74, 6) is -0.304. The Kier molecular flexibility index (Phi) is 9.24. The van der Waals surface area contributed by atoms with Crippen LogP contribution in [0.2, 0.25) is 5.02 Å². The first-order valence-corrected chi connectivity index (χ1v) is 15.2. The molecule has 2 fully saturated rings. The number of carbonyl (C=O) groups excluding carboxylic acids is 2. The molecule has 6 rings (SSSR count). The third-order valence-electron chi connectivity index (χ3n) is 8.32. The fraction of sp³-hybridized carbons (Fsp3) is 0.433. The Morgan fingerprint density at radius 3 is 2.67 bits per heavy atom. The molecule has 2 aliphatic rings. The minimum atomic E-state index is -3.10. The van der Waals surface area contributed by atoms with E-state index in [1.165, 1.54) is 46.0 Å². The number of nitrogens with zero attached hydrogens (tertiary/aromatic N) is 8. The monoisotopic (exact) mass is 641 g/mol. The van der Waals surface area contributed by atoms with E-state index >= 15 is 0 Å². The van der Waals surface area contributed by atoms with E-state index in [4.69, 9.17) is 16.3 Å². The average molecular weight is 642 g/mol. The zero-order valence-corrected chi connectivity index (χ0v) is 25.5. The number of nitrogens with one attached hydrogen (secondary N) is 1. The summed E-state index contributed by atoms with van der Waals surface area (Å²) in [6, 6.07) is 5.83. The first-order valence-electron chi connectivity index (χ1n) is 14.8. The van der Waals surface area contributed by atoms with Gasteiger partial charge >= 0.3 is 6.61 Å². The van der Waals surface area contributed by atoms with Crippen molar-refractivity contribution in [1.82, 2.24) is 39.1 Å². The lowest BCUT2D eigenvalue weighted by Gasteiger charge is -2.38. The van der Waals surface area contributed by atoms with Gasteiger partial charge in [-0.3, -0.25) is 14.3 Å². The maximum Gasteiger partial charge on any atom is 0.387 e. The maximum atomic E-state index is 13.4. The number of likely N-dealkylation sites (tertiary alicyclic amines) is 1. The van der Waals surface area contributed by atoms with Crippen molar-refractivity contribution in [3.63, 3.8) is 0 Å². The van der Waals surface area contributed by atoms with Crippen LogP contribution in [-0.4, -0.2) is 110 Å². The van der Waals surface area contributed by atoms with Crippen LogP contribution in [0.3, 0.4) is 0 Å². The molecule has 1 N–H and O–H groups in total. The molecule has 5 heterocycles. The summed E-state index contributed by atoms with van der Waals surface area (Å²) in [4.78, 5) is 37.6. The predicted molar refractivity (Wildman–Crippen MR) is 163 cm³/mol. The topological polar surface area (TPSA) is 113 Å². The number of fused-ring (bicyclic) bond motifs is 1. The van der Waals surface area contributed by atoms with Gasteiger partial charge in [0.05, 0.1) is 11.9 Å². The molecule has 0 aliphatic carbocycles. The number of amides is 2. The Hall–Kier alpha value is -4.14. The highest BCUT2D eigenvalue weighted by molar-refractivity contribution is 6.31. The molecule has 0 atom stereocenters. The minimum Gasteiger partial charge on any atom is -0.434 e. The third-order valence-corrected chi connectivity index (χ3v) is 8.56. The van der Waals surface area contributed by atoms with Crippen LogP contribution in [0.4, 0.5) is 14.5 Å². The van der Waals surface area contributed by atoms with Crippen LogP contribution in [0.25, 0.3) is 16.9 Å². The number of piperidine rings is 1. The van der Waals surface area contributed by atoms with E-state index in [1.807, 2.05) is 4.90 Å². The van der Waals surface area contributed by atoms with Crippen molar-refractivity contribution in [3.05, 3.63) is 59.6 Å². The van der Waals surface area contributed by atoms with Gasteiger partial charge in [0, 0.05) is 75.0 Å². The van der Waals surface area contributed by atoms with Crippen LogP contribution in [-0.2, 0) is 11.3 Å². The summed E-state index contributed by atoms with van der Waals surface area (Å²) in [7, 11) is 2.14. The van der Waals surface area contributed by atoms with Gasteiger partial charge in [-0.2, -0.15) is 19.0 Å². The van der Waals surface area contributed by atoms with Gasteiger partial charge in [0.25, 0.3) is 5.91 Å². The van der Waals surface area contributed by atoms with Gasteiger partial charge in [-0.1, -0.05) is 11.6 Å². The van der Waals surface area contributed by atoms with E-state index in [0.717, 1.165) is 45.6 Å². The normalized spacial score (nSPS) is 16.9. The number of hydrogen-bond donors (Lipinski definition) is 1. The molecule has 2 amide bonds. The SMILES string of the molecule is CN1CCN(CC2CCN(C(=O)Cn3cc(NC(=O)c4cnn5cccnc45)c(-c4cc(Cl)ccc4OC(F)F)n3)CC2)CC1. The molecule has 45 heavy (non-hydrogen) atoms. The fourth-order valence-corrected chi connectivity index (χ4v) is 6.03. The molecule has 0 spiro atoms. The van der Waals surface area contributed by atoms with Crippen molar-refractivity contribution in [2.24, 2.45) is 5.92 Å². The first-order chi connectivity index (χ1) is 21.7. The molecule has 0 radical (unpaired) electrons. The van der Waals surface area contributed by atoms with Crippen LogP contribution in [0, 0.1) is 5.92 Å². The molecule has 1 aromatic carbocycles. The highest BCUT2D eigenvalue weighted by Crippen LogP contribution is 2.37. The predicted octanol–water partition coefficient (Wildman–Crippen LogP) is 3.59. The van der Waals surface area contributed by atoms with Gasteiger partial charge in [0.2, 0.25) is 5.91 Å². The fourth-order valence-electron chi connectivity index (χ4n) is 5.85. The second-order valence-electron chi connectivity index (χ2n) is 11.4. The van der Waals surface area contributed by atoms with Gasteiger partial charge in [0.15, 0.2) is 5.65 Å². The molecule has 4 aromatic rings. The highest BCUT2D eigenvalue weighted by atomic mass is 35.5. The summed E-state index contributed by atoms with van der Waals surface area (Å²) in [6.45, 7) is 3.44. The number of rotatable bonds is 9. The summed E-state index contributed by atoms with van der Waals surface area (Å²) in [6.07, 6.45) is 7.92. The summed E-state index contributed by atoms with van der Waals surface area (Å²) < 4.78 is 34.2. The van der Waals surface area contributed by atoms with E-state index in [2.05, 4.69) is 37.3 Å². The zero-order valence-electron chi connectivity index (χ0n) is 24.8. The number of alkyl halides is 2. The van der Waals surface area contributed by atoms with Crippen LogP contribution >= 0.6 is 11.6 Å². The zero-order chi connectivity index (χ0) is 31.5. The Morgan fingerprint density at radius 1 is 1.13 bits per heavy atom. The van der Waals surface area contributed by atoms with Gasteiger partial charge in [0.1, 0.15) is 23.6 Å². The van der Waals surface area contributed by atoms with Crippen molar-refractivity contribution in [3.8, 4) is 17.0 Å². The van der Waals surface area contributed by atoms with Crippen LogP contribution in [0.15, 0.2) is 49.1 Å². The highest BCUT2D eigenvalue weighted by Gasteiger charge is 2.27. The molecule has 15 heteroatoms. The number of halogens is 3. The number of anilines is 1. The lowest BCUT2D eigenvalue weighted by molar-refractivity contribution is -0.133. The molecule has 3 aromatic heterocycles. The summed E-state index contributed by atoms with van der Waals surface area (Å²) >= 11 is 6.23. The second-order valence-corrected chi connectivity index (χ2v) is 11.9. The molecular weight excluding hydrogens is 608 g/mol. The molecule has 12 nitrogen and oxygen atoms in total. The summed E-state index contributed by atoms with van der Waals surface area (Å²) in [5, 5.41) is 11.7. The van der Waals surface area contributed by atoms with Crippen molar-refractivity contribution < 1.29 is 23.1 Å².